The van der Waals surface area contributed by atoms with Gasteiger partial charge >= 0.3 is 0 Å². The quantitative estimate of drug-likeness (QED) is 0.482. The number of aliphatic hydroxyl groups is 1. The minimum atomic E-state index is -2.90. The zero-order valence-electron chi connectivity index (χ0n) is 11.8. The summed E-state index contributed by atoms with van der Waals surface area (Å²) in [5.74, 6) is 2.69. The van der Waals surface area contributed by atoms with E-state index in [0.29, 0.717) is 31.2 Å². The van der Waals surface area contributed by atoms with Gasteiger partial charge in [0.05, 0.1) is 23.7 Å². The summed E-state index contributed by atoms with van der Waals surface area (Å²) in [6, 6.07) is -0.0783. The second kappa shape index (κ2) is 6.53. The Balaban J connectivity index is 1.92. The number of aliphatic imine (C=N–C) groups is 1. The van der Waals surface area contributed by atoms with Crippen molar-refractivity contribution in [3.63, 3.8) is 0 Å². The maximum absolute atomic E-state index is 11.5. The lowest BCUT2D eigenvalue weighted by molar-refractivity contribution is 0.0778. The van der Waals surface area contributed by atoms with Gasteiger partial charge < -0.3 is 15.7 Å². The minimum Gasteiger partial charge on any atom is -0.387 e. The molecule has 2 aliphatic heterocycles. The molecule has 0 aromatic carbocycles. The molecule has 0 amide bonds. The lowest BCUT2D eigenvalue weighted by Crippen LogP contribution is -2.45. The molecule has 2 unspecified atom stereocenters. The Labute approximate surface area is 124 Å². The van der Waals surface area contributed by atoms with Crippen molar-refractivity contribution in [3.8, 4) is 0 Å². The van der Waals surface area contributed by atoms with E-state index in [1.165, 1.54) is 0 Å². The van der Waals surface area contributed by atoms with E-state index < -0.39 is 15.4 Å². The fourth-order valence-electron chi connectivity index (χ4n) is 2.37. The molecule has 0 radical (unpaired) electrons. The summed E-state index contributed by atoms with van der Waals surface area (Å²) in [7, 11) is -2.90. The average Bonchev–Trinajstić information content (AvgIpc) is 2.94. The summed E-state index contributed by atoms with van der Waals surface area (Å²) < 4.78 is 22.9. The normalized spacial score (nSPS) is 33.3. The van der Waals surface area contributed by atoms with Crippen LogP contribution in [0.25, 0.3) is 0 Å². The largest absolute Gasteiger partial charge is 0.387 e. The summed E-state index contributed by atoms with van der Waals surface area (Å²) >= 11 is 1.74. The standard InChI is InChI=1S/C12H23N3O3S2/c1-2-13-11(14-8-12(16)4-5-19-9-12)15-10-3-6-20(17,18)7-10/h10,16H,2-9H2,1H3,(H2,13,14,15). The Morgan fingerprint density at radius 3 is 2.90 bits per heavy atom. The van der Waals surface area contributed by atoms with Crippen LogP contribution in [-0.4, -0.2) is 67.2 Å². The molecule has 0 aromatic heterocycles. The molecule has 2 atom stereocenters. The number of sulfone groups is 1. The SMILES string of the molecule is CCNC(=NCC1(O)CCSC1)NC1CCS(=O)(=O)C1. The highest BCUT2D eigenvalue weighted by Gasteiger charge is 2.32. The molecule has 0 aliphatic carbocycles. The van der Waals surface area contributed by atoms with Gasteiger partial charge in [0.2, 0.25) is 0 Å². The van der Waals surface area contributed by atoms with Crippen molar-refractivity contribution in [2.75, 3.05) is 36.1 Å². The smallest absolute Gasteiger partial charge is 0.191 e. The van der Waals surface area contributed by atoms with Crippen LogP contribution < -0.4 is 10.6 Å². The molecule has 3 N–H and O–H groups in total. The number of hydrogen-bond donors (Lipinski definition) is 3. The second-order valence-electron chi connectivity index (χ2n) is 5.47. The van der Waals surface area contributed by atoms with Crippen LogP contribution in [-0.2, 0) is 9.84 Å². The Kier molecular flexibility index (Phi) is 5.19. The van der Waals surface area contributed by atoms with Crippen LogP contribution in [0.15, 0.2) is 4.99 Å². The molecular formula is C12H23N3O3S2. The Hall–Kier alpha value is -0.470. The molecule has 2 heterocycles. The van der Waals surface area contributed by atoms with Crippen LogP contribution in [0.2, 0.25) is 0 Å². The lowest BCUT2D eigenvalue weighted by atomic mass is 10.1. The summed E-state index contributed by atoms with van der Waals surface area (Å²) in [5, 5.41) is 16.5. The van der Waals surface area contributed by atoms with Crippen LogP contribution in [0.3, 0.4) is 0 Å². The first-order valence-corrected chi connectivity index (χ1v) is 9.95. The predicted octanol–water partition coefficient (Wildman–Crippen LogP) is -0.403. The number of rotatable bonds is 4. The number of nitrogens with one attached hydrogen (secondary N) is 2. The Morgan fingerprint density at radius 1 is 1.55 bits per heavy atom. The molecule has 8 heteroatoms. The average molecular weight is 321 g/mol. The van der Waals surface area contributed by atoms with Crippen LogP contribution in [0.5, 0.6) is 0 Å². The van der Waals surface area contributed by atoms with Crippen molar-refractivity contribution in [3.05, 3.63) is 0 Å². The van der Waals surface area contributed by atoms with Gasteiger partial charge in [0.1, 0.15) is 0 Å². The molecule has 0 bridgehead atoms. The number of guanidine groups is 1. The molecule has 2 fully saturated rings. The topological polar surface area (TPSA) is 90.8 Å². The molecule has 0 spiro atoms. The predicted molar refractivity (Wildman–Crippen MR) is 83.1 cm³/mol. The zero-order valence-corrected chi connectivity index (χ0v) is 13.4. The first-order chi connectivity index (χ1) is 9.42. The molecule has 0 aromatic rings. The summed E-state index contributed by atoms with van der Waals surface area (Å²) in [6.45, 7) is 3.02. The monoisotopic (exact) mass is 321 g/mol. The van der Waals surface area contributed by atoms with Gasteiger partial charge in [-0.3, -0.25) is 4.99 Å². The second-order valence-corrected chi connectivity index (χ2v) is 8.80. The van der Waals surface area contributed by atoms with Gasteiger partial charge in [-0.15, -0.1) is 0 Å². The van der Waals surface area contributed by atoms with Crippen LogP contribution in [0.4, 0.5) is 0 Å². The molecular weight excluding hydrogens is 298 g/mol. The fraction of sp³-hybridized carbons (Fsp3) is 0.917. The number of hydrogen-bond acceptors (Lipinski definition) is 5. The molecule has 0 saturated carbocycles. The molecule has 6 nitrogen and oxygen atoms in total. The fourth-order valence-corrected chi connectivity index (χ4v) is 5.33. The molecule has 2 aliphatic rings. The third kappa shape index (κ3) is 4.53. The highest BCUT2D eigenvalue weighted by Crippen LogP contribution is 2.27. The maximum Gasteiger partial charge on any atom is 0.191 e. The lowest BCUT2D eigenvalue weighted by Gasteiger charge is -2.21. The molecule has 20 heavy (non-hydrogen) atoms. The summed E-state index contributed by atoms with van der Waals surface area (Å²) in [5.41, 5.74) is -0.714. The van der Waals surface area contributed by atoms with Gasteiger partial charge in [0.15, 0.2) is 15.8 Å². The van der Waals surface area contributed by atoms with E-state index in [1.807, 2.05) is 6.92 Å². The van der Waals surface area contributed by atoms with Gasteiger partial charge in [-0.2, -0.15) is 11.8 Å². The number of thioether (sulfide) groups is 1. The highest BCUT2D eigenvalue weighted by molar-refractivity contribution is 7.99. The van der Waals surface area contributed by atoms with E-state index in [9.17, 15) is 13.5 Å². The molecule has 116 valence electrons. The third-order valence-corrected chi connectivity index (χ3v) is 6.53. The van der Waals surface area contributed by atoms with E-state index in [2.05, 4.69) is 15.6 Å². The highest BCUT2D eigenvalue weighted by atomic mass is 32.2. The van der Waals surface area contributed by atoms with Gasteiger partial charge in [0.25, 0.3) is 0 Å². The maximum atomic E-state index is 11.5. The summed E-state index contributed by atoms with van der Waals surface area (Å²) in [4.78, 5) is 4.41. The van der Waals surface area contributed by atoms with Gasteiger partial charge in [0, 0.05) is 18.3 Å². The van der Waals surface area contributed by atoms with Gasteiger partial charge in [-0.25, -0.2) is 8.42 Å². The Bertz CT molecular complexity index is 459. The molecule has 2 saturated heterocycles. The van der Waals surface area contributed by atoms with Crippen molar-refractivity contribution < 1.29 is 13.5 Å². The van der Waals surface area contributed by atoms with Crippen molar-refractivity contribution in [1.82, 2.24) is 10.6 Å². The van der Waals surface area contributed by atoms with E-state index in [1.54, 1.807) is 11.8 Å². The van der Waals surface area contributed by atoms with Crippen molar-refractivity contribution in [2.24, 2.45) is 4.99 Å². The third-order valence-electron chi connectivity index (χ3n) is 3.53. The first-order valence-electron chi connectivity index (χ1n) is 6.98. The van der Waals surface area contributed by atoms with Crippen LogP contribution in [0.1, 0.15) is 19.8 Å². The minimum absolute atomic E-state index is 0.0783. The summed E-state index contributed by atoms with van der Waals surface area (Å²) in [6.07, 6.45) is 1.38. The van der Waals surface area contributed by atoms with Crippen molar-refractivity contribution in [2.45, 2.75) is 31.4 Å². The van der Waals surface area contributed by atoms with Crippen molar-refractivity contribution in [1.29, 1.82) is 0 Å². The van der Waals surface area contributed by atoms with Gasteiger partial charge in [-0.1, -0.05) is 0 Å². The van der Waals surface area contributed by atoms with Gasteiger partial charge in [-0.05, 0) is 25.5 Å². The molecule has 2 rings (SSSR count). The van der Waals surface area contributed by atoms with E-state index in [4.69, 9.17) is 0 Å². The Morgan fingerprint density at radius 2 is 2.35 bits per heavy atom. The zero-order chi connectivity index (χ0) is 14.6. The van der Waals surface area contributed by atoms with Crippen molar-refractivity contribution >= 4 is 27.6 Å². The number of nitrogens with zero attached hydrogens (tertiary/aromatic N) is 1. The van der Waals surface area contributed by atoms with E-state index in [0.717, 1.165) is 12.2 Å². The van der Waals surface area contributed by atoms with E-state index >= 15 is 0 Å². The van der Waals surface area contributed by atoms with Crippen LogP contribution in [0, 0.1) is 0 Å². The van der Waals surface area contributed by atoms with E-state index in [-0.39, 0.29) is 17.5 Å². The van der Waals surface area contributed by atoms with Crippen LogP contribution >= 0.6 is 11.8 Å². The first kappa shape index (κ1) is 15.9.